The lowest BCUT2D eigenvalue weighted by Gasteiger charge is -2.43. The van der Waals surface area contributed by atoms with Crippen LogP contribution in [0.3, 0.4) is 0 Å². The smallest absolute Gasteiger partial charge is 0.416 e. The van der Waals surface area contributed by atoms with Crippen molar-refractivity contribution in [3.05, 3.63) is 28.2 Å². The molecule has 8 heteroatoms. The summed E-state index contributed by atoms with van der Waals surface area (Å²) >= 11 is 3.17. The number of alkyl halides is 3. The van der Waals surface area contributed by atoms with Gasteiger partial charge in [0.1, 0.15) is 0 Å². The van der Waals surface area contributed by atoms with E-state index in [4.69, 9.17) is 5.11 Å². The molecule has 20 heavy (non-hydrogen) atoms. The summed E-state index contributed by atoms with van der Waals surface area (Å²) in [6, 6.07) is 3.25. The fourth-order valence-electron chi connectivity index (χ4n) is 2.06. The van der Waals surface area contributed by atoms with Gasteiger partial charge in [0.2, 0.25) is 0 Å². The third-order valence-corrected chi connectivity index (χ3v) is 3.80. The van der Waals surface area contributed by atoms with Gasteiger partial charge in [-0.3, -0.25) is 4.79 Å². The summed E-state index contributed by atoms with van der Waals surface area (Å²) in [6.07, 6.45) is -4.60. The highest BCUT2D eigenvalue weighted by Gasteiger charge is 2.40. The average molecular weight is 353 g/mol. The number of hydrogen-bond acceptors (Lipinski definition) is 3. The van der Waals surface area contributed by atoms with Crippen LogP contribution in [0.25, 0.3) is 0 Å². The van der Waals surface area contributed by atoms with Crippen LogP contribution < -0.4 is 10.6 Å². The standard InChI is InChI=1S/C12H12BrF3N2O2/c13-8-2-1-7(12(14,15)16)3-9(8)18-11(4-10(19)20)5-17-6-11/h1-3,17-18H,4-6H2,(H,19,20). The van der Waals surface area contributed by atoms with Gasteiger partial charge in [0.25, 0.3) is 0 Å². The summed E-state index contributed by atoms with van der Waals surface area (Å²) < 4.78 is 38.5. The molecule has 1 aromatic carbocycles. The first-order valence-electron chi connectivity index (χ1n) is 5.79. The molecule has 0 atom stereocenters. The number of carboxylic acids is 1. The predicted molar refractivity (Wildman–Crippen MR) is 70.6 cm³/mol. The van der Waals surface area contributed by atoms with Crippen LogP contribution in [0.4, 0.5) is 18.9 Å². The van der Waals surface area contributed by atoms with Crippen molar-refractivity contribution in [3.8, 4) is 0 Å². The van der Waals surface area contributed by atoms with Crippen LogP contribution in [0.15, 0.2) is 22.7 Å². The SMILES string of the molecule is O=C(O)CC1(Nc2cc(C(F)(F)F)ccc2Br)CNC1. The number of hydrogen-bond donors (Lipinski definition) is 3. The Labute approximate surface area is 121 Å². The quantitative estimate of drug-likeness (QED) is 0.779. The van der Waals surface area contributed by atoms with Crippen molar-refractivity contribution in [2.75, 3.05) is 18.4 Å². The van der Waals surface area contributed by atoms with Crippen molar-refractivity contribution in [1.29, 1.82) is 0 Å². The molecule has 1 saturated heterocycles. The van der Waals surface area contributed by atoms with E-state index in [1.807, 2.05) is 0 Å². The Hall–Kier alpha value is -1.28. The molecule has 0 aromatic heterocycles. The summed E-state index contributed by atoms with van der Waals surface area (Å²) in [5.41, 5.74) is -1.29. The molecular formula is C12H12BrF3N2O2. The van der Waals surface area contributed by atoms with Gasteiger partial charge < -0.3 is 15.7 Å². The van der Waals surface area contributed by atoms with Gasteiger partial charge in [-0.25, -0.2) is 0 Å². The van der Waals surface area contributed by atoms with Gasteiger partial charge in [0.05, 0.1) is 17.5 Å². The fourth-order valence-corrected chi connectivity index (χ4v) is 2.40. The molecule has 0 amide bonds. The Balaban J connectivity index is 2.26. The van der Waals surface area contributed by atoms with Crippen LogP contribution in [-0.2, 0) is 11.0 Å². The number of carboxylic acid groups (broad SMARTS) is 1. The molecule has 1 heterocycles. The fraction of sp³-hybridized carbons (Fsp3) is 0.417. The van der Waals surface area contributed by atoms with E-state index in [1.165, 1.54) is 6.07 Å². The van der Waals surface area contributed by atoms with E-state index < -0.39 is 23.2 Å². The van der Waals surface area contributed by atoms with E-state index in [9.17, 15) is 18.0 Å². The summed E-state index contributed by atoms with van der Waals surface area (Å²) in [6.45, 7) is 0.782. The highest BCUT2D eigenvalue weighted by Crippen LogP contribution is 2.35. The van der Waals surface area contributed by atoms with Crippen LogP contribution in [-0.4, -0.2) is 29.7 Å². The topological polar surface area (TPSA) is 61.4 Å². The Kier molecular flexibility index (Phi) is 3.97. The molecule has 1 aliphatic rings. The zero-order valence-electron chi connectivity index (χ0n) is 10.2. The number of nitrogens with one attached hydrogen (secondary N) is 2. The number of halogens is 4. The van der Waals surface area contributed by atoms with E-state index in [1.54, 1.807) is 0 Å². The molecule has 1 fully saturated rings. The first kappa shape index (κ1) is 15.1. The van der Waals surface area contributed by atoms with Crippen LogP contribution in [0.2, 0.25) is 0 Å². The minimum Gasteiger partial charge on any atom is -0.481 e. The van der Waals surface area contributed by atoms with Crippen molar-refractivity contribution in [2.24, 2.45) is 0 Å². The van der Waals surface area contributed by atoms with Crippen LogP contribution in [0.5, 0.6) is 0 Å². The zero-order chi connectivity index (χ0) is 15.0. The second-order valence-corrected chi connectivity index (χ2v) is 5.63. The van der Waals surface area contributed by atoms with Gasteiger partial charge in [-0.05, 0) is 34.1 Å². The molecule has 0 unspecified atom stereocenters. The Morgan fingerprint density at radius 1 is 1.45 bits per heavy atom. The minimum atomic E-state index is -4.44. The zero-order valence-corrected chi connectivity index (χ0v) is 11.8. The first-order chi connectivity index (χ1) is 9.22. The normalized spacial score (nSPS) is 17.4. The summed E-state index contributed by atoms with van der Waals surface area (Å²) in [4.78, 5) is 10.8. The van der Waals surface area contributed by atoms with Crippen LogP contribution in [0.1, 0.15) is 12.0 Å². The molecule has 0 spiro atoms. The van der Waals surface area contributed by atoms with E-state index in [2.05, 4.69) is 26.6 Å². The molecule has 0 aliphatic carbocycles. The molecule has 0 saturated carbocycles. The minimum absolute atomic E-state index is 0.164. The Bertz CT molecular complexity index is 530. The largest absolute Gasteiger partial charge is 0.481 e. The molecule has 3 N–H and O–H groups in total. The van der Waals surface area contributed by atoms with Gasteiger partial charge >= 0.3 is 12.1 Å². The molecule has 0 radical (unpaired) electrons. The maximum Gasteiger partial charge on any atom is 0.416 e. The number of carbonyl (C=O) groups is 1. The lowest BCUT2D eigenvalue weighted by molar-refractivity contribution is -0.139. The molecule has 0 bridgehead atoms. The summed E-state index contributed by atoms with van der Waals surface area (Å²) in [5.74, 6) is -0.998. The average Bonchev–Trinajstić information content (AvgIpc) is 2.26. The highest BCUT2D eigenvalue weighted by molar-refractivity contribution is 9.10. The summed E-state index contributed by atoms with van der Waals surface area (Å²) in [5, 5.41) is 14.7. The number of anilines is 1. The third kappa shape index (κ3) is 3.24. The van der Waals surface area contributed by atoms with Crippen molar-refractivity contribution < 1.29 is 23.1 Å². The van der Waals surface area contributed by atoms with E-state index in [0.717, 1.165) is 12.1 Å². The highest BCUT2D eigenvalue weighted by atomic mass is 79.9. The maximum absolute atomic E-state index is 12.7. The Morgan fingerprint density at radius 3 is 2.55 bits per heavy atom. The molecule has 1 aromatic rings. The number of rotatable bonds is 4. The molecule has 2 rings (SSSR count). The van der Waals surface area contributed by atoms with Crippen LogP contribution >= 0.6 is 15.9 Å². The predicted octanol–water partition coefficient (Wildman–Crippen LogP) is 2.70. The lowest BCUT2D eigenvalue weighted by atomic mass is 9.88. The van der Waals surface area contributed by atoms with Gasteiger partial charge in [0.15, 0.2) is 0 Å². The summed E-state index contributed by atoms with van der Waals surface area (Å²) in [7, 11) is 0. The van der Waals surface area contributed by atoms with Crippen molar-refractivity contribution in [3.63, 3.8) is 0 Å². The maximum atomic E-state index is 12.7. The van der Waals surface area contributed by atoms with Crippen molar-refractivity contribution in [1.82, 2.24) is 5.32 Å². The van der Waals surface area contributed by atoms with Gasteiger partial charge in [-0.2, -0.15) is 13.2 Å². The number of aliphatic carboxylic acids is 1. The van der Waals surface area contributed by atoms with E-state index in [-0.39, 0.29) is 12.1 Å². The molecule has 1 aliphatic heterocycles. The molecule has 110 valence electrons. The lowest BCUT2D eigenvalue weighted by Crippen LogP contribution is -2.65. The monoisotopic (exact) mass is 352 g/mol. The third-order valence-electron chi connectivity index (χ3n) is 3.11. The van der Waals surface area contributed by atoms with Crippen molar-refractivity contribution in [2.45, 2.75) is 18.1 Å². The van der Waals surface area contributed by atoms with Crippen LogP contribution in [0, 0.1) is 0 Å². The van der Waals surface area contributed by atoms with Gasteiger partial charge in [0, 0.05) is 23.2 Å². The second kappa shape index (κ2) is 5.25. The molecule has 4 nitrogen and oxygen atoms in total. The van der Waals surface area contributed by atoms with Gasteiger partial charge in [-0.15, -0.1) is 0 Å². The van der Waals surface area contributed by atoms with E-state index >= 15 is 0 Å². The van der Waals surface area contributed by atoms with Gasteiger partial charge in [-0.1, -0.05) is 0 Å². The first-order valence-corrected chi connectivity index (χ1v) is 6.59. The second-order valence-electron chi connectivity index (χ2n) is 4.77. The molecular weight excluding hydrogens is 341 g/mol. The van der Waals surface area contributed by atoms with Crippen molar-refractivity contribution >= 4 is 27.6 Å². The Morgan fingerprint density at radius 2 is 2.10 bits per heavy atom. The van der Waals surface area contributed by atoms with E-state index in [0.29, 0.717) is 17.6 Å². The number of benzene rings is 1.